The van der Waals surface area contributed by atoms with Gasteiger partial charge in [0, 0.05) is 51.5 Å². The van der Waals surface area contributed by atoms with Gasteiger partial charge in [0.15, 0.2) is 0 Å². The Kier molecular flexibility index (Phi) is 5.38. The highest BCUT2D eigenvalue weighted by Crippen LogP contribution is 2.16. The number of carbonyl (C=O) groups is 2. The van der Waals surface area contributed by atoms with E-state index in [1.165, 1.54) is 0 Å². The maximum Gasteiger partial charge on any atom is 0.245 e. The van der Waals surface area contributed by atoms with Crippen molar-refractivity contribution >= 4 is 11.8 Å². The lowest BCUT2D eigenvalue weighted by Crippen LogP contribution is -2.50. The Labute approximate surface area is 125 Å². The molecule has 0 saturated carbocycles. The minimum atomic E-state index is -0.271. The summed E-state index contributed by atoms with van der Waals surface area (Å²) in [6, 6.07) is 3.77. The van der Waals surface area contributed by atoms with Crippen molar-refractivity contribution in [2.75, 3.05) is 32.7 Å². The summed E-state index contributed by atoms with van der Waals surface area (Å²) < 4.78 is 1.97. The second-order valence-corrected chi connectivity index (χ2v) is 5.44. The largest absolute Gasteiger partial charge is 0.370 e. The van der Waals surface area contributed by atoms with E-state index in [0.717, 1.165) is 32.6 Å². The third-order valence-corrected chi connectivity index (χ3v) is 4.02. The Morgan fingerprint density at radius 2 is 1.76 bits per heavy atom. The minimum Gasteiger partial charge on any atom is -0.370 e. The number of hydrogen-bond acceptors (Lipinski definition) is 3. The first-order valence-corrected chi connectivity index (χ1v) is 7.53. The molecule has 0 aromatic carbocycles. The van der Waals surface area contributed by atoms with Gasteiger partial charge in [-0.25, -0.2) is 0 Å². The summed E-state index contributed by atoms with van der Waals surface area (Å²) in [7, 11) is 0. The van der Waals surface area contributed by atoms with Gasteiger partial charge in [-0.3, -0.25) is 14.5 Å². The van der Waals surface area contributed by atoms with E-state index < -0.39 is 0 Å². The zero-order valence-corrected chi connectivity index (χ0v) is 12.6. The molecule has 1 aromatic heterocycles. The summed E-state index contributed by atoms with van der Waals surface area (Å²) in [6.07, 6.45) is 5.05. The maximum absolute atomic E-state index is 12.6. The molecule has 6 heteroatoms. The molecule has 0 bridgehead atoms. The molecule has 116 valence electrons. The SMILES string of the molecule is CC[C@H](C(=O)N1CCN(CCC(N)=O)CC1)n1cccc1. The van der Waals surface area contributed by atoms with Crippen LogP contribution in [0.15, 0.2) is 24.5 Å². The van der Waals surface area contributed by atoms with Crippen LogP contribution >= 0.6 is 0 Å². The molecule has 0 unspecified atom stereocenters. The number of piperazine rings is 1. The van der Waals surface area contributed by atoms with E-state index in [1.807, 2.05) is 40.9 Å². The van der Waals surface area contributed by atoms with Gasteiger partial charge in [0.05, 0.1) is 0 Å². The van der Waals surface area contributed by atoms with Gasteiger partial charge in [-0.1, -0.05) is 6.92 Å². The molecule has 2 N–H and O–H groups in total. The predicted octanol–water partition coefficient (Wildman–Crippen LogP) is 0.459. The lowest BCUT2D eigenvalue weighted by molar-refractivity contribution is -0.136. The zero-order chi connectivity index (χ0) is 15.2. The molecule has 0 aliphatic carbocycles. The van der Waals surface area contributed by atoms with Crippen molar-refractivity contribution in [3.05, 3.63) is 24.5 Å². The van der Waals surface area contributed by atoms with Crippen molar-refractivity contribution < 1.29 is 9.59 Å². The quantitative estimate of drug-likeness (QED) is 0.828. The average molecular weight is 292 g/mol. The van der Waals surface area contributed by atoms with Crippen LogP contribution in [-0.4, -0.2) is 58.9 Å². The molecule has 6 nitrogen and oxygen atoms in total. The fourth-order valence-electron chi connectivity index (χ4n) is 2.74. The third-order valence-electron chi connectivity index (χ3n) is 4.02. The van der Waals surface area contributed by atoms with Crippen LogP contribution in [0.1, 0.15) is 25.8 Å². The molecule has 1 atom stereocenters. The van der Waals surface area contributed by atoms with Crippen LogP contribution in [0, 0.1) is 0 Å². The highest BCUT2D eigenvalue weighted by atomic mass is 16.2. The van der Waals surface area contributed by atoms with Crippen molar-refractivity contribution in [1.82, 2.24) is 14.4 Å². The Bertz CT molecular complexity index is 464. The van der Waals surface area contributed by atoms with Gasteiger partial charge >= 0.3 is 0 Å². The molecule has 1 fully saturated rings. The zero-order valence-electron chi connectivity index (χ0n) is 12.6. The number of nitrogens with zero attached hydrogens (tertiary/aromatic N) is 3. The number of primary amides is 1. The summed E-state index contributed by atoms with van der Waals surface area (Å²) in [5.41, 5.74) is 5.16. The van der Waals surface area contributed by atoms with Gasteiger partial charge < -0.3 is 15.2 Å². The molecule has 2 amide bonds. The summed E-state index contributed by atoms with van der Waals surface area (Å²) in [4.78, 5) is 27.5. The molecule has 2 rings (SSSR count). The Morgan fingerprint density at radius 3 is 2.29 bits per heavy atom. The molecule has 1 aromatic rings. The molecular weight excluding hydrogens is 268 g/mol. The molecular formula is C15H24N4O2. The minimum absolute atomic E-state index is 0.114. The summed E-state index contributed by atoms with van der Waals surface area (Å²) in [6.45, 7) is 5.77. The first kappa shape index (κ1) is 15.6. The first-order valence-electron chi connectivity index (χ1n) is 7.53. The van der Waals surface area contributed by atoms with Gasteiger partial charge in [-0.15, -0.1) is 0 Å². The van der Waals surface area contributed by atoms with Gasteiger partial charge in [0.25, 0.3) is 0 Å². The van der Waals surface area contributed by atoms with Crippen LogP contribution in [0.3, 0.4) is 0 Å². The maximum atomic E-state index is 12.6. The number of amides is 2. The third kappa shape index (κ3) is 4.07. The van der Waals surface area contributed by atoms with E-state index in [4.69, 9.17) is 5.73 Å². The Balaban J connectivity index is 1.86. The number of carbonyl (C=O) groups excluding carboxylic acids is 2. The van der Waals surface area contributed by atoms with Gasteiger partial charge in [0.1, 0.15) is 6.04 Å². The lowest BCUT2D eigenvalue weighted by atomic mass is 10.1. The van der Waals surface area contributed by atoms with Gasteiger partial charge in [-0.05, 0) is 18.6 Å². The van der Waals surface area contributed by atoms with Crippen LogP contribution < -0.4 is 5.73 Å². The van der Waals surface area contributed by atoms with Crippen molar-refractivity contribution in [2.24, 2.45) is 5.73 Å². The van der Waals surface area contributed by atoms with E-state index >= 15 is 0 Å². The monoisotopic (exact) mass is 292 g/mol. The number of aromatic nitrogens is 1. The van der Waals surface area contributed by atoms with Crippen molar-refractivity contribution in [1.29, 1.82) is 0 Å². The number of nitrogens with two attached hydrogens (primary N) is 1. The molecule has 21 heavy (non-hydrogen) atoms. The highest BCUT2D eigenvalue weighted by molar-refractivity contribution is 5.80. The van der Waals surface area contributed by atoms with Gasteiger partial charge in [-0.2, -0.15) is 0 Å². The summed E-state index contributed by atoms with van der Waals surface area (Å²) in [5, 5.41) is 0. The fraction of sp³-hybridized carbons (Fsp3) is 0.600. The molecule has 1 saturated heterocycles. The summed E-state index contributed by atoms with van der Waals surface area (Å²) in [5.74, 6) is -0.0876. The number of rotatable bonds is 6. The van der Waals surface area contributed by atoms with E-state index in [1.54, 1.807) is 0 Å². The summed E-state index contributed by atoms with van der Waals surface area (Å²) >= 11 is 0. The first-order chi connectivity index (χ1) is 10.1. The highest BCUT2D eigenvalue weighted by Gasteiger charge is 2.27. The Morgan fingerprint density at radius 1 is 1.14 bits per heavy atom. The van der Waals surface area contributed by atoms with Crippen LogP contribution in [-0.2, 0) is 9.59 Å². The smallest absolute Gasteiger partial charge is 0.245 e. The van der Waals surface area contributed by atoms with E-state index in [9.17, 15) is 9.59 Å². The number of hydrogen-bond donors (Lipinski definition) is 1. The molecule has 2 heterocycles. The Hall–Kier alpha value is -1.82. The molecule has 0 spiro atoms. The topological polar surface area (TPSA) is 71.6 Å². The van der Waals surface area contributed by atoms with Crippen molar-refractivity contribution in [2.45, 2.75) is 25.8 Å². The van der Waals surface area contributed by atoms with Crippen LogP contribution in [0.2, 0.25) is 0 Å². The second-order valence-electron chi connectivity index (χ2n) is 5.44. The standard InChI is InChI=1S/C15H24N4O2/c1-2-13(18-6-3-4-7-18)15(21)19-11-9-17(10-12-19)8-5-14(16)20/h3-4,6-7,13H,2,5,8-12H2,1H3,(H2,16,20)/t13-/m1/s1. The normalized spacial score (nSPS) is 17.7. The van der Waals surface area contributed by atoms with Crippen LogP contribution in [0.4, 0.5) is 0 Å². The van der Waals surface area contributed by atoms with Gasteiger partial charge in [0.2, 0.25) is 11.8 Å². The van der Waals surface area contributed by atoms with Crippen LogP contribution in [0.5, 0.6) is 0 Å². The molecule has 1 aliphatic rings. The molecule has 0 radical (unpaired) electrons. The van der Waals surface area contributed by atoms with Crippen molar-refractivity contribution in [3.63, 3.8) is 0 Å². The van der Waals surface area contributed by atoms with Crippen molar-refractivity contribution in [3.8, 4) is 0 Å². The fourth-order valence-corrected chi connectivity index (χ4v) is 2.74. The average Bonchev–Trinajstić information content (AvgIpc) is 3.00. The molecule has 1 aliphatic heterocycles. The predicted molar refractivity (Wildman–Crippen MR) is 80.6 cm³/mol. The van der Waals surface area contributed by atoms with E-state index in [-0.39, 0.29) is 17.9 Å². The van der Waals surface area contributed by atoms with Crippen LogP contribution in [0.25, 0.3) is 0 Å². The second kappa shape index (κ2) is 7.26. The van der Waals surface area contributed by atoms with E-state index in [2.05, 4.69) is 4.90 Å². The van der Waals surface area contributed by atoms with E-state index in [0.29, 0.717) is 13.0 Å². The lowest BCUT2D eigenvalue weighted by Gasteiger charge is -2.36.